The number of hydrogen-bond acceptors (Lipinski definition) is 3. The van der Waals surface area contributed by atoms with Crippen molar-refractivity contribution in [3.05, 3.63) is 40.7 Å². The molecule has 0 aromatic heterocycles. The molecule has 0 N–H and O–H groups in total. The third kappa shape index (κ3) is 3.46. The van der Waals surface area contributed by atoms with Crippen LogP contribution in [0.3, 0.4) is 0 Å². The van der Waals surface area contributed by atoms with Gasteiger partial charge in [-0.05, 0) is 18.4 Å². The SMILES string of the molecule is CON([O-])CC1=CC(C)=CC(C)C=C1. The zero-order valence-corrected chi connectivity index (χ0v) is 8.86. The van der Waals surface area contributed by atoms with Crippen molar-refractivity contribution in [1.29, 1.82) is 0 Å². The molecular formula is C11H16NO2-. The summed E-state index contributed by atoms with van der Waals surface area (Å²) in [6, 6.07) is 0. The fourth-order valence-corrected chi connectivity index (χ4v) is 1.45. The Hall–Kier alpha value is -0.900. The first-order chi connectivity index (χ1) is 6.61. The summed E-state index contributed by atoms with van der Waals surface area (Å²) in [6.07, 6.45) is 8.21. The molecule has 0 spiro atoms. The molecular weight excluding hydrogens is 178 g/mol. The summed E-state index contributed by atoms with van der Waals surface area (Å²) >= 11 is 0. The summed E-state index contributed by atoms with van der Waals surface area (Å²) in [5.41, 5.74) is 2.15. The molecule has 0 fully saturated rings. The Balaban J connectivity index is 2.70. The molecule has 1 unspecified atom stereocenters. The van der Waals surface area contributed by atoms with E-state index < -0.39 is 0 Å². The average molecular weight is 194 g/mol. The summed E-state index contributed by atoms with van der Waals surface area (Å²) in [4.78, 5) is 4.54. The summed E-state index contributed by atoms with van der Waals surface area (Å²) in [6.45, 7) is 4.42. The quantitative estimate of drug-likeness (QED) is 0.647. The van der Waals surface area contributed by atoms with E-state index in [0.717, 1.165) is 5.57 Å². The summed E-state index contributed by atoms with van der Waals surface area (Å²) in [5, 5.41) is 11.5. The minimum absolute atomic E-state index is 0.269. The van der Waals surface area contributed by atoms with Crippen LogP contribution in [0.15, 0.2) is 35.5 Å². The topological polar surface area (TPSA) is 35.5 Å². The fraction of sp³-hybridized carbons (Fsp3) is 0.455. The van der Waals surface area contributed by atoms with Crippen molar-refractivity contribution in [2.75, 3.05) is 13.7 Å². The number of nitrogens with zero attached hydrogens (tertiary/aromatic N) is 1. The van der Waals surface area contributed by atoms with Crippen LogP contribution in [0, 0.1) is 11.1 Å². The second kappa shape index (κ2) is 5.10. The van der Waals surface area contributed by atoms with Gasteiger partial charge in [-0.2, -0.15) is 0 Å². The van der Waals surface area contributed by atoms with Gasteiger partial charge < -0.3 is 10.0 Å². The highest BCUT2D eigenvalue weighted by Crippen LogP contribution is 2.15. The largest absolute Gasteiger partial charge is 0.762 e. The maximum Gasteiger partial charge on any atom is 0.0563 e. The van der Waals surface area contributed by atoms with Crippen molar-refractivity contribution >= 4 is 0 Å². The predicted octanol–water partition coefficient (Wildman–Crippen LogP) is 2.43. The molecule has 78 valence electrons. The van der Waals surface area contributed by atoms with Gasteiger partial charge in [-0.1, -0.05) is 36.8 Å². The van der Waals surface area contributed by atoms with Crippen molar-refractivity contribution in [3.8, 4) is 0 Å². The molecule has 0 radical (unpaired) electrons. The third-order valence-corrected chi connectivity index (χ3v) is 2.07. The smallest absolute Gasteiger partial charge is 0.0563 e. The molecule has 1 atom stereocenters. The minimum Gasteiger partial charge on any atom is -0.762 e. The molecule has 14 heavy (non-hydrogen) atoms. The highest BCUT2D eigenvalue weighted by molar-refractivity contribution is 5.34. The summed E-state index contributed by atoms with van der Waals surface area (Å²) < 4.78 is 0. The molecule has 0 aromatic carbocycles. The number of allylic oxidation sites excluding steroid dienone is 4. The molecule has 0 bridgehead atoms. The normalized spacial score (nSPS) is 21.9. The lowest BCUT2D eigenvalue weighted by atomic mass is 10.1. The van der Waals surface area contributed by atoms with E-state index >= 15 is 0 Å². The van der Waals surface area contributed by atoms with Crippen LogP contribution >= 0.6 is 0 Å². The van der Waals surface area contributed by atoms with Gasteiger partial charge in [-0.15, -0.1) is 0 Å². The molecule has 1 rings (SSSR count). The van der Waals surface area contributed by atoms with Crippen LogP contribution in [0.1, 0.15) is 13.8 Å². The molecule has 0 amide bonds. The van der Waals surface area contributed by atoms with E-state index in [1.807, 2.05) is 19.1 Å². The first kappa shape index (κ1) is 11.2. The van der Waals surface area contributed by atoms with Gasteiger partial charge in [0.1, 0.15) is 0 Å². The number of hydroxylamine groups is 2. The Bertz CT molecular complexity index is 279. The van der Waals surface area contributed by atoms with E-state index in [1.165, 1.54) is 12.7 Å². The molecule has 0 aromatic rings. The van der Waals surface area contributed by atoms with Crippen LogP contribution in [-0.2, 0) is 4.84 Å². The Morgan fingerprint density at radius 2 is 2.29 bits per heavy atom. The van der Waals surface area contributed by atoms with Gasteiger partial charge in [-0.3, -0.25) is 5.23 Å². The molecule has 3 heteroatoms. The van der Waals surface area contributed by atoms with Crippen LogP contribution in [0.5, 0.6) is 0 Å². The molecule has 1 aliphatic rings. The van der Waals surface area contributed by atoms with Crippen molar-refractivity contribution in [2.24, 2.45) is 5.92 Å². The van der Waals surface area contributed by atoms with Crippen LogP contribution in [0.2, 0.25) is 0 Å². The van der Waals surface area contributed by atoms with Gasteiger partial charge in [0.25, 0.3) is 0 Å². The molecule has 0 heterocycles. The second-order valence-electron chi connectivity index (χ2n) is 3.52. The van der Waals surface area contributed by atoms with E-state index in [4.69, 9.17) is 0 Å². The molecule has 1 aliphatic carbocycles. The lowest BCUT2D eigenvalue weighted by Gasteiger charge is -2.24. The van der Waals surface area contributed by atoms with Crippen LogP contribution in [0.25, 0.3) is 0 Å². The van der Waals surface area contributed by atoms with Crippen LogP contribution in [-0.4, -0.2) is 18.9 Å². The Labute approximate surface area is 84.9 Å². The van der Waals surface area contributed by atoms with Gasteiger partial charge in [0.15, 0.2) is 0 Å². The standard InChI is InChI=1S/C11H16NO2/c1-9-4-5-11(7-10(2)6-9)8-12(13)14-3/h4-7,9H,8H2,1-3H3/q-1. The third-order valence-electron chi connectivity index (χ3n) is 2.07. The monoisotopic (exact) mass is 194 g/mol. The molecule has 3 nitrogen and oxygen atoms in total. The summed E-state index contributed by atoms with van der Waals surface area (Å²) in [7, 11) is 1.37. The molecule has 0 saturated heterocycles. The van der Waals surface area contributed by atoms with Crippen molar-refractivity contribution in [3.63, 3.8) is 0 Å². The first-order valence-corrected chi connectivity index (χ1v) is 4.68. The zero-order chi connectivity index (χ0) is 10.6. The lowest BCUT2D eigenvalue weighted by Crippen LogP contribution is -2.16. The Morgan fingerprint density at radius 1 is 1.57 bits per heavy atom. The molecule has 0 aliphatic heterocycles. The van der Waals surface area contributed by atoms with Gasteiger partial charge in [0.2, 0.25) is 0 Å². The van der Waals surface area contributed by atoms with Crippen molar-refractivity contribution in [2.45, 2.75) is 13.8 Å². The second-order valence-corrected chi connectivity index (χ2v) is 3.52. The van der Waals surface area contributed by atoms with E-state index in [-0.39, 0.29) is 6.54 Å². The number of hydrogen-bond donors (Lipinski definition) is 0. The van der Waals surface area contributed by atoms with Crippen molar-refractivity contribution in [1.82, 2.24) is 5.23 Å². The van der Waals surface area contributed by atoms with E-state index in [1.54, 1.807) is 0 Å². The highest BCUT2D eigenvalue weighted by atomic mass is 16.9. The first-order valence-electron chi connectivity index (χ1n) is 4.68. The van der Waals surface area contributed by atoms with Crippen LogP contribution in [0.4, 0.5) is 0 Å². The van der Waals surface area contributed by atoms with E-state index in [9.17, 15) is 5.21 Å². The van der Waals surface area contributed by atoms with Crippen LogP contribution < -0.4 is 0 Å². The van der Waals surface area contributed by atoms with Gasteiger partial charge >= 0.3 is 0 Å². The predicted molar refractivity (Wildman–Crippen MR) is 57.2 cm³/mol. The van der Waals surface area contributed by atoms with Gasteiger partial charge in [0.05, 0.1) is 7.11 Å². The number of rotatable bonds is 3. The maximum atomic E-state index is 11.0. The fourth-order valence-electron chi connectivity index (χ4n) is 1.45. The lowest BCUT2D eigenvalue weighted by molar-refractivity contribution is -0.0793. The van der Waals surface area contributed by atoms with Gasteiger partial charge in [-0.25, -0.2) is 0 Å². The van der Waals surface area contributed by atoms with Gasteiger partial charge in [0, 0.05) is 6.54 Å². The highest BCUT2D eigenvalue weighted by Gasteiger charge is 2.01. The maximum absolute atomic E-state index is 11.0. The Morgan fingerprint density at radius 3 is 2.93 bits per heavy atom. The van der Waals surface area contributed by atoms with Crippen molar-refractivity contribution < 1.29 is 4.84 Å². The Kier molecular flexibility index (Phi) is 4.07. The van der Waals surface area contributed by atoms with E-state index in [0.29, 0.717) is 11.1 Å². The summed E-state index contributed by atoms with van der Waals surface area (Å²) in [5.74, 6) is 0.423. The average Bonchev–Trinajstić information content (AvgIpc) is 2.27. The van der Waals surface area contributed by atoms with E-state index in [2.05, 4.69) is 23.9 Å². The minimum atomic E-state index is 0.269. The zero-order valence-electron chi connectivity index (χ0n) is 8.86. The molecule has 0 saturated carbocycles.